The second-order valence-corrected chi connectivity index (χ2v) is 4.45. The van der Waals surface area contributed by atoms with Crippen LogP contribution in [0.5, 0.6) is 5.75 Å². The first-order chi connectivity index (χ1) is 7.24. The molecule has 0 spiro atoms. The highest BCUT2D eigenvalue weighted by molar-refractivity contribution is 5.39. The van der Waals surface area contributed by atoms with Gasteiger partial charge in [-0.3, -0.25) is 0 Å². The molecule has 15 heavy (non-hydrogen) atoms. The van der Waals surface area contributed by atoms with Crippen LogP contribution in [0.2, 0.25) is 0 Å². The molecule has 1 aliphatic carbocycles. The van der Waals surface area contributed by atoms with E-state index in [1.807, 2.05) is 7.05 Å². The summed E-state index contributed by atoms with van der Waals surface area (Å²) in [5.74, 6) is 1.73. The summed E-state index contributed by atoms with van der Waals surface area (Å²) < 4.78 is 5.27. The van der Waals surface area contributed by atoms with Gasteiger partial charge in [0.05, 0.1) is 7.11 Å². The summed E-state index contributed by atoms with van der Waals surface area (Å²) in [4.78, 5) is 0. The summed E-state index contributed by atoms with van der Waals surface area (Å²) in [5, 5.41) is 3.39. The van der Waals surface area contributed by atoms with E-state index < -0.39 is 0 Å². The summed E-state index contributed by atoms with van der Waals surface area (Å²) in [6.07, 6.45) is 2.41. The molecule has 0 saturated carbocycles. The molecule has 1 aromatic carbocycles. The van der Waals surface area contributed by atoms with Crippen molar-refractivity contribution in [3.05, 3.63) is 29.3 Å². The van der Waals surface area contributed by atoms with Gasteiger partial charge in [0.2, 0.25) is 0 Å². The van der Waals surface area contributed by atoms with Crippen LogP contribution in [-0.2, 0) is 6.42 Å². The monoisotopic (exact) mass is 205 g/mol. The predicted octanol–water partition coefficient (Wildman–Crippen LogP) is 2.54. The van der Waals surface area contributed by atoms with Gasteiger partial charge in [0.1, 0.15) is 5.75 Å². The van der Waals surface area contributed by atoms with Crippen LogP contribution in [0.4, 0.5) is 0 Å². The number of fused-ring (bicyclic) bond motifs is 1. The van der Waals surface area contributed by atoms with Crippen LogP contribution in [0.15, 0.2) is 18.2 Å². The maximum atomic E-state index is 5.27. The van der Waals surface area contributed by atoms with Gasteiger partial charge in [0.15, 0.2) is 0 Å². The number of nitrogens with one attached hydrogen (secondary N) is 1. The topological polar surface area (TPSA) is 21.3 Å². The highest BCUT2D eigenvalue weighted by Gasteiger charge is 2.23. The Morgan fingerprint density at radius 1 is 1.40 bits per heavy atom. The maximum absolute atomic E-state index is 5.27. The van der Waals surface area contributed by atoms with Crippen LogP contribution in [0.1, 0.15) is 30.5 Å². The molecule has 2 atom stereocenters. The Labute approximate surface area is 91.6 Å². The quantitative estimate of drug-likeness (QED) is 0.801. The summed E-state index contributed by atoms with van der Waals surface area (Å²) in [5.41, 5.74) is 2.88. The van der Waals surface area contributed by atoms with Gasteiger partial charge in [-0.15, -0.1) is 0 Å². The van der Waals surface area contributed by atoms with Gasteiger partial charge < -0.3 is 10.1 Å². The Kier molecular flexibility index (Phi) is 2.96. The second-order valence-electron chi connectivity index (χ2n) is 4.45. The Bertz CT molecular complexity index is 348. The van der Waals surface area contributed by atoms with Crippen molar-refractivity contribution in [1.82, 2.24) is 5.32 Å². The van der Waals surface area contributed by atoms with Crippen LogP contribution in [0.25, 0.3) is 0 Å². The third-order valence-electron chi connectivity index (χ3n) is 3.28. The fourth-order valence-electron chi connectivity index (χ4n) is 2.47. The van der Waals surface area contributed by atoms with E-state index in [4.69, 9.17) is 4.74 Å². The van der Waals surface area contributed by atoms with E-state index in [0.717, 1.165) is 11.7 Å². The lowest BCUT2D eigenvalue weighted by Crippen LogP contribution is -2.25. The van der Waals surface area contributed by atoms with E-state index in [-0.39, 0.29) is 0 Å². The van der Waals surface area contributed by atoms with Gasteiger partial charge in [0, 0.05) is 6.04 Å². The van der Waals surface area contributed by atoms with E-state index in [1.165, 1.54) is 24.0 Å². The lowest BCUT2D eigenvalue weighted by atomic mass is 9.81. The first-order valence-electron chi connectivity index (χ1n) is 5.58. The average Bonchev–Trinajstić information content (AvgIpc) is 2.27. The van der Waals surface area contributed by atoms with Crippen molar-refractivity contribution in [3.63, 3.8) is 0 Å². The summed E-state index contributed by atoms with van der Waals surface area (Å²) in [6.45, 7) is 2.32. The number of methoxy groups -OCH3 is 1. The smallest absolute Gasteiger partial charge is 0.119 e. The van der Waals surface area contributed by atoms with Crippen molar-refractivity contribution in [2.45, 2.75) is 25.8 Å². The molecule has 0 saturated heterocycles. The minimum Gasteiger partial charge on any atom is -0.497 e. The van der Waals surface area contributed by atoms with Crippen molar-refractivity contribution in [2.75, 3.05) is 14.2 Å². The molecular weight excluding hydrogens is 186 g/mol. The molecule has 0 aromatic heterocycles. The third-order valence-corrected chi connectivity index (χ3v) is 3.28. The molecule has 1 aromatic rings. The molecule has 0 heterocycles. The molecule has 0 radical (unpaired) electrons. The molecule has 0 bridgehead atoms. The first kappa shape index (κ1) is 10.5. The van der Waals surface area contributed by atoms with Gasteiger partial charge in [-0.2, -0.15) is 0 Å². The van der Waals surface area contributed by atoms with Crippen molar-refractivity contribution in [3.8, 4) is 5.75 Å². The molecule has 2 rings (SSSR count). The average molecular weight is 205 g/mol. The van der Waals surface area contributed by atoms with Crippen molar-refractivity contribution in [1.29, 1.82) is 0 Å². The first-order valence-corrected chi connectivity index (χ1v) is 5.58. The standard InChI is InChI=1S/C13H19NO/c1-9-6-10-4-5-11(15-3)8-12(10)13(7-9)14-2/h4-5,8-9,13-14H,6-7H2,1-3H3. The highest BCUT2D eigenvalue weighted by Crippen LogP contribution is 2.34. The third kappa shape index (κ3) is 2.00. The Morgan fingerprint density at radius 3 is 2.87 bits per heavy atom. The summed E-state index contributed by atoms with van der Waals surface area (Å²) >= 11 is 0. The van der Waals surface area contributed by atoms with Gasteiger partial charge in [-0.05, 0) is 49.1 Å². The summed E-state index contributed by atoms with van der Waals surface area (Å²) in [7, 11) is 3.76. The Morgan fingerprint density at radius 2 is 2.20 bits per heavy atom. The van der Waals surface area contributed by atoms with Crippen molar-refractivity contribution < 1.29 is 4.74 Å². The van der Waals surface area contributed by atoms with E-state index in [2.05, 4.69) is 30.4 Å². The van der Waals surface area contributed by atoms with Crippen LogP contribution >= 0.6 is 0 Å². The molecule has 82 valence electrons. The maximum Gasteiger partial charge on any atom is 0.119 e. The fourth-order valence-corrected chi connectivity index (χ4v) is 2.47. The van der Waals surface area contributed by atoms with E-state index in [0.29, 0.717) is 6.04 Å². The van der Waals surface area contributed by atoms with Crippen LogP contribution in [0, 0.1) is 5.92 Å². The number of rotatable bonds is 2. The molecule has 1 aliphatic rings. The lowest BCUT2D eigenvalue weighted by Gasteiger charge is -2.29. The van der Waals surface area contributed by atoms with Crippen LogP contribution < -0.4 is 10.1 Å². The van der Waals surface area contributed by atoms with E-state index in [1.54, 1.807) is 7.11 Å². The molecule has 0 aliphatic heterocycles. The molecule has 2 nitrogen and oxygen atoms in total. The Hall–Kier alpha value is -1.02. The number of benzene rings is 1. The molecular formula is C13H19NO. The molecule has 1 N–H and O–H groups in total. The SMILES string of the molecule is CNC1CC(C)Cc2ccc(OC)cc21. The van der Waals surface area contributed by atoms with Crippen LogP contribution in [0.3, 0.4) is 0 Å². The van der Waals surface area contributed by atoms with Gasteiger partial charge in [0.25, 0.3) is 0 Å². The van der Waals surface area contributed by atoms with Crippen molar-refractivity contribution in [2.24, 2.45) is 5.92 Å². The molecule has 0 fully saturated rings. The Balaban J connectivity index is 2.38. The predicted molar refractivity (Wildman–Crippen MR) is 62.3 cm³/mol. The number of ether oxygens (including phenoxy) is 1. The van der Waals surface area contributed by atoms with Crippen LogP contribution in [-0.4, -0.2) is 14.2 Å². The zero-order valence-electron chi connectivity index (χ0n) is 9.71. The van der Waals surface area contributed by atoms with Gasteiger partial charge >= 0.3 is 0 Å². The zero-order valence-corrected chi connectivity index (χ0v) is 9.71. The normalized spacial score (nSPS) is 24.7. The largest absolute Gasteiger partial charge is 0.497 e. The summed E-state index contributed by atoms with van der Waals surface area (Å²) in [6, 6.07) is 6.92. The molecule has 2 heteroatoms. The minimum absolute atomic E-state index is 0.485. The van der Waals surface area contributed by atoms with E-state index >= 15 is 0 Å². The number of hydrogen-bond acceptors (Lipinski definition) is 2. The fraction of sp³-hybridized carbons (Fsp3) is 0.538. The molecule has 0 amide bonds. The lowest BCUT2D eigenvalue weighted by molar-refractivity contribution is 0.389. The van der Waals surface area contributed by atoms with Gasteiger partial charge in [-0.1, -0.05) is 13.0 Å². The highest BCUT2D eigenvalue weighted by atomic mass is 16.5. The number of hydrogen-bond donors (Lipinski definition) is 1. The second kappa shape index (κ2) is 4.23. The van der Waals surface area contributed by atoms with Crippen molar-refractivity contribution >= 4 is 0 Å². The zero-order chi connectivity index (χ0) is 10.8. The molecule has 2 unspecified atom stereocenters. The minimum atomic E-state index is 0.485. The van der Waals surface area contributed by atoms with E-state index in [9.17, 15) is 0 Å². The van der Waals surface area contributed by atoms with Gasteiger partial charge in [-0.25, -0.2) is 0 Å².